The number of nitrogens with one attached hydrogen (secondary N) is 1. The minimum Gasteiger partial charge on any atom is -0.377 e. The largest absolute Gasteiger partial charge is 0.377 e. The molecular formula is C18H21N5O4S. The molecule has 1 aromatic heterocycles. The van der Waals surface area contributed by atoms with Gasteiger partial charge < -0.3 is 15.0 Å². The highest BCUT2D eigenvalue weighted by atomic mass is 32.2. The number of hydrogen-bond donors (Lipinski definition) is 1. The van der Waals surface area contributed by atoms with Crippen molar-refractivity contribution in [3.05, 3.63) is 58.5 Å². The molecule has 1 heterocycles. The van der Waals surface area contributed by atoms with Gasteiger partial charge in [0.05, 0.1) is 4.90 Å². The van der Waals surface area contributed by atoms with Gasteiger partial charge in [0.25, 0.3) is 0 Å². The molecule has 10 heteroatoms. The van der Waals surface area contributed by atoms with Gasteiger partial charge in [-0.25, -0.2) is 22.7 Å². The monoisotopic (exact) mass is 403 g/mol. The summed E-state index contributed by atoms with van der Waals surface area (Å²) in [5, 5.41) is 12.5. The first-order valence-electron chi connectivity index (χ1n) is 8.57. The fourth-order valence-electron chi connectivity index (χ4n) is 3.14. The van der Waals surface area contributed by atoms with Crippen LogP contribution in [0.4, 0.5) is 11.5 Å². The molecule has 1 N–H and O–H groups in total. The summed E-state index contributed by atoms with van der Waals surface area (Å²) in [5.74, 6) is 0.282. The third kappa shape index (κ3) is 3.69. The molecule has 0 aliphatic carbocycles. The second-order valence-electron chi connectivity index (χ2n) is 6.49. The summed E-state index contributed by atoms with van der Waals surface area (Å²) < 4.78 is 29.7. The van der Waals surface area contributed by atoms with Crippen LogP contribution in [-0.4, -0.2) is 43.5 Å². The average molecular weight is 403 g/mol. The van der Waals surface area contributed by atoms with Gasteiger partial charge >= 0.3 is 5.82 Å². The minimum atomic E-state index is -3.80. The van der Waals surface area contributed by atoms with Gasteiger partial charge in [0, 0.05) is 44.0 Å². The maximum atomic E-state index is 12.9. The number of anilines is 1. The Morgan fingerprint density at radius 2 is 1.86 bits per heavy atom. The maximum Gasteiger partial charge on any atom is 0.342 e. The molecule has 3 rings (SSSR count). The number of imidazole rings is 1. The lowest BCUT2D eigenvalue weighted by Gasteiger charge is -2.17. The fraction of sp³-hybridized carbons (Fsp3) is 0.278. The third-order valence-electron chi connectivity index (χ3n) is 4.48. The van der Waals surface area contributed by atoms with Gasteiger partial charge in [-0.2, -0.15) is 0 Å². The van der Waals surface area contributed by atoms with Gasteiger partial charge in [-0.05, 0) is 17.1 Å². The molecule has 0 unspecified atom stereocenters. The first-order valence-corrected chi connectivity index (χ1v) is 10.1. The molecule has 0 amide bonds. The SMILES string of the molecule is Cc1ncc([N+](=O)[O-])n1CCNS(=O)(=O)c1cccc2c(N(C)C)cccc12. The second-order valence-corrected chi connectivity index (χ2v) is 8.23. The van der Waals surface area contributed by atoms with Crippen LogP contribution in [0, 0.1) is 17.0 Å². The topological polar surface area (TPSA) is 110 Å². The maximum absolute atomic E-state index is 12.9. The van der Waals surface area contributed by atoms with E-state index in [-0.39, 0.29) is 23.8 Å². The number of rotatable bonds is 7. The molecule has 0 saturated heterocycles. The van der Waals surface area contributed by atoms with Crippen LogP contribution in [0.5, 0.6) is 0 Å². The Morgan fingerprint density at radius 3 is 2.54 bits per heavy atom. The fourth-order valence-corrected chi connectivity index (χ4v) is 4.38. The van der Waals surface area contributed by atoms with E-state index in [9.17, 15) is 18.5 Å². The number of nitrogens with zero attached hydrogens (tertiary/aromatic N) is 4. The Bertz CT molecular complexity index is 1140. The smallest absolute Gasteiger partial charge is 0.342 e. The summed E-state index contributed by atoms with van der Waals surface area (Å²) in [5.41, 5.74) is 0.916. The summed E-state index contributed by atoms with van der Waals surface area (Å²) >= 11 is 0. The number of hydrogen-bond acceptors (Lipinski definition) is 6. The van der Waals surface area contributed by atoms with Crippen LogP contribution in [0.15, 0.2) is 47.5 Å². The van der Waals surface area contributed by atoms with E-state index in [0.717, 1.165) is 17.3 Å². The highest BCUT2D eigenvalue weighted by Gasteiger charge is 2.21. The van der Waals surface area contributed by atoms with Crippen molar-refractivity contribution in [3.63, 3.8) is 0 Å². The highest BCUT2D eigenvalue weighted by molar-refractivity contribution is 7.89. The van der Waals surface area contributed by atoms with Crippen LogP contribution >= 0.6 is 0 Å². The van der Waals surface area contributed by atoms with Crippen molar-refractivity contribution < 1.29 is 13.3 Å². The van der Waals surface area contributed by atoms with Crippen molar-refractivity contribution in [1.29, 1.82) is 0 Å². The summed E-state index contributed by atoms with van der Waals surface area (Å²) in [6.45, 7) is 1.74. The predicted octanol–water partition coefficient (Wildman–Crippen LogP) is 2.30. The van der Waals surface area contributed by atoms with E-state index in [1.165, 1.54) is 4.57 Å². The van der Waals surface area contributed by atoms with Crippen LogP contribution < -0.4 is 9.62 Å². The van der Waals surface area contributed by atoms with E-state index in [1.807, 2.05) is 37.2 Å². The molecule has 2 aromatic carbocycles. The zero-order valence-corrected chi connectivity index (χ0v) is 16.6. The van der Waals surface area contributed by atoms with Gasteiger partial charge in [-0.1, -0.05) is 24.3 Å². The zero-order chi connectivity index (χ0) is 20.5. The van der Waals surface area contributed by atoms with Crippen LogP contribution in [0.25, 0.3) is 10.8 Å². The van der Waals surface area contributed by atoms with Gasteiger partial charge in [-0.3, -0.25) is 0 Å². The van der Waals surface area contributed by atoms with Crippen LogP contribution in [0.2, 0.25) is 0 Å². The molecule has 3 aromatic rings. The van der Waals surface area contributed by atoms with E-state index < -0.39 is 14.9 Å². The summed E-state index contributed by atoms with van der Waals surface area (Å²) in [6, 6.07) is 10.6. The molecule has 0 radical (unpaired) electrons. The molecule has 0 saturated carbocycles. The first kappa shape index (κ1) is 19.8. The molecule has 9 nitrogen and oxygen atoms in total. The van der Waals surface area contributed by atoms with Crippen LogP contribution in [0.3, 0.4) is 0 Å². The Hall–Kier alpha value is -2.98. The number of aryl methyl sites for hydroxylation is 1. The van der Waals surface area contributed by atoms with Crippen molar-refractivity contribution >= 4 is 32.3 Å². The van der Waals surface area contributed by atoms with Crippen molar-refractivity contribution in [3.8, 4) is 0 Å². The highest BCUT2D eigenvalue weighted by Crippen LogP contribution is 2.30. The van der Waals surface area contributed by atoms with Gasteiger partial charge in [0.1, 0.15) is 12.7 Å². The Balaban J connectivity index is 1.87. The predicted molar refractivity (Wildman–Crippen MR) is 107 cm³/mol. The molecule has 0 aliphatic heterocycles. The average Bonchev–Trinajstić information content (AvgIpc) is 3.01. The lowest BCUT2D eigenvalue weighted by Crippen LogP contribution is -2.28. The Labute approximate surface area is 162 Å². The van der Waals surface area contributed by atoms with Crippen molar-refractivity contribution in [1.82, 2.24) is 14.3 Å². The van der Waals surface area contributed by atoms with Crippen LogP contribution in [-0.2, 0) is 16.6 Å². The molecule has 0 fully saturated rings. The van der Waals surface area contributed by atoms with E-state index >= 15 is 0 Å². The number of sulfonamides is 1. The minimum absolute atomic E-state index is 0.00410. The van der Waals surface area contributed by atoms with Crippen molar-refractivity contribution in [2.24, 2.45) is 0 Å². The number of benzene rings is 2. The third-order valence-corrected chi connectivity index (χ3v) is 6.00. The summed E-state index contributed by atoms with van der Waals surface area (Å²) in [7, 11) is -0.00587. The number of nitro groups is 1. The van der Waals surface area contributed by atoms with Gasteiger partial charge in [0.2, 0.25) is 10.0 Å². The quantitative estimate of drug-likeness (QED) is 0.479. The Kier molecular flexibility index (Phi) is 5.34. The molecule has 148 valence electrons. The second kappa shape index (κ2) is 7.56. The summed E-state index contributed by atoms with van der Waals surface area (Å²) in [6.07, 6.45) is 1.16. The van der Waals surface area contributed by atoms with Gasteiger partial charge in [-0.15, -0.1) is 0 Å². The molecule has 0 bridgehead atoms. The van der Waals surface area contributed by atoms with E-state index in [2.05, 4.69) is 9.71 Å². The molecule has 0 spiro atoms. The van der Waals surface area contributed by atoms with Crippen molar-refractivity contribution in [2.45, 2.75) is 18.4 Å². The first-order chi connectivity index (χ1) is 13.2. The molecule has 0 aliphatic rings. The lowest BCUT2D eigenvalue weighted by molar-refractivity contribution is -0.392. The zero-order valence-electron chi connectivity index (χ0n) is 15.8. The van der Waals surface area contributed by atoms with Crippen LogP contribution in [0.1, 0.15) is 5.82 Å². The standard InChI is InChI=1S/C18H21N5O4S/c1-13-19-12-18(23(24)25)22(13)11-10-20-28(26,27)17-9-5-6-14-15(17)7-4-8-16(14)21(2)3/h4-9,12,20H,10-11H2,1-3H3. The normalized spacial score (nSPS) is 11.7. The Morgan fingerprint density at radius 1 is 1.18 bits per heavy atom. The van der Waals surface area contributed by atoms with Gasteiger partial charge in [0.15, 0.2) is 5.82 Å². The molecular weight excluding hydrogens is 382 g/mol. The van der Waals surface area contributed by atoms with E-state index in [4.69, 9.17) is 0 Å². The summed E-state index contributed by atoms with van der Waals surface area (Å²) in [4.78, 5) is 16.5. The molecule has 0 atom stereocenters. The van der Waals surface area contributed by atoms with E-state index in [0.29, 0.717) is 11.2 Å². The number of aromatic nitrogens is 2. The molecule has 28 heavy (non-hydrogen) atoms. The van der Waals surface area contributed by atoms with Crippen molar-refractivity contribution in [2.75, 3.05) is 25.5 Å². The van der Waals surface area contributed by atoms with E-state index in [1.54, 1.807) is 25.1 Å². The number of fused-ring (bicyclic) bond motifs is 1. The lowest BCUT2D eigenvalue weighted by atomic mass is 10.1.